The lowest BCUT2D eigenvalue weighted by molar-refractivity contribution is 0.318. The quantitative estimate of drug-likeness (QED) is 0.222. The zero-order chi connectivity index (χ0) is 9.14. The van der Waals surface area contributed by atoms with Gasteiger partial charge < -0.3 is 16.7 Å². The highest BCUT2D eigenvalue weighted by Crippen LogP contribution is 2.17. The van der Waals surface area contributed by atoms with E-state index in [4.69, 9.17) is 16.7 Å². The van der Waals surface area contributed by atoms with Gasteiger partial charge in [0.2, 0.25) is 0 Å². The van der Waals surface area contributed by atoms with Gasteiger partial charge in [0.25, 0.3) is 0 Å². The van der Waals surface area contributed by atoms with E-state index in [9.17, 15) is 0 Å². The lowest BCUT2D eigenvalue weighted by Crippen LogP contribution is -2.15. The number of halogens is 1. The Bertz CT molecular complexity index is 324. The van der Waals surface area contributed by atoms with Crippen molar-refractivity contribution in [3.63, 3.8) is 0 Å². The Balaban J connectivity index is 3.18. The van der Waals surface area contributed by atoms with Crippen LogP contribution in [0.2, 0.25) is 0 Å². The summed E-state index contributed by atoms with van der Waals surface area (Å²) in [5.74, 6) is 0.0139. The number of nitrogens with zero attached hydrogens (tertiary/aromatic N) is 1. The molecule has 1 aromatic rings. The lowest BCUT2D eigenvalue weighted by Gasteiger charge is -2.02. The number of nitrogens with two attached hydrogens (primary N) is 2. The van der Waals surface area contributed by atoms with Crippen LogP contribution < -0.4 is 11.5 Å². The van der Waals surface area contributed by atoms with Gasteiger partial charge in [-0.05, 0) is 18.2 Å². The van der Waals surface area contributed by atoms with Crippen LogP contribution in [0.4, 0.5) is 5.69 Å². The summed E-state index contributed by atoms with van der Waals surface area (Å²) in [4.78, 5) is 0. The van der Waals surface area contributed by atoms with Crippen LogP contribution in [0.5, 0.6) is 0 Å². The summed E-state index contributed by atoms with van der Waals surface area (Å²) in [6.07, 6.45) is 0. The molecule has 0 bridgehead atoms. The number of oxime groups is 1. The second kappa shape index (κ2) is 3.44. The van der Waals surface area contributed by atoms with Crippen LogP contribution >= 0.6 is 15.9 Å². The summed E-state index contributed by atoms with van der Waals surface area (Å²) < 4.78 is 0.856. The molecule has 0 aliphatic rings. The van der Waals surface area contributed by atoms with E-state index in [-0.39, 0.29) is 5.84 Å². The third-order valence-electron chi connectivity index (χ3n) is 1.40. The molecule has 0 aliphatic heterocycles. The summed E-state index contributed by atoms with van der Waals surface area (Å²) in [5, 5.41) is 11.2. The van der Waals surface area contributed by atoms with Crippen molar-refractivity contribution in [2.75, 3.05) is 5.73 Å². The number of hydrogen-bond acceptors (Lipinski definition) is 3. The number of rotatable bonds is 1. The maximum Gasteiger partial charge on any atom is 0.172 e. The topological polar surface area (TPSA) is 84.6 Å². The highest BCUT2D eigenvalue weighted by Gasteiger charge is 2.03. The van der Waals surface area contributed by atoms with E-state index >= 15 is 0 Å². The molecule has 0 saturated heterocycles. The molecule has 5 heteroatoms. The zero-order valence-corrected chi connectivity index (χ0v) is 7.75. The average Bonchev–Trinajstić information content (AvgIpc) is 2.03. The van der Waals surface area contributed by atoms with Gasteiger partial charge in [-0.2, -0.15) is 0 Å². The first-order chi connectivity index (χ1) is 5.65. The van der Waals surface area contributed by atoms with E-state index < -0.39 is 0 Å². The third kappa shape index (κ3) is 1.68. The fourth-order valence-electron chi connectivity index (χ4n) is 0.821. The van der Waals surface area contributed by atoms with Gasteiger partial charge in [-0.3, -0.25) is 0 Å². The van der Waals surface area contributed by atoms with Gasteiger partial charge in [-0.1, -0.05) is 21.1 Å². The molecule has 1 aromatic carbocycles. The Morgan fingerprint density at radius 1 is 1.50 bits per heavy atom. The maximum absolute atomic E-state index is 8.38. The minimum atomic E-state index is 0.0139. The summed E-state index contributed by atoms with van der Waals surface area (Å²) in [6.45, 7) is 0. The number of amidine groups is 1. The van der Waals surface area contributed by atoms with Crippen molar-refractivity contribution in [2.24, 2.45) is 10.9 Å². The van der Waals surface area contributed by atoms with Crippen LogP contribution in [-0.2, 0) is 0 Å². The Kier molecular flexibility index (Phi) is 2.54. The highest BCUT2D eigenvalue weighted by atomic mass is 79.9. The largest absolute Gasteiger partial charge is 0.409 e. The van der Waals surface area contributed by atoms with Gasteiger partial charge in [-0.15, -0.1) is 0 Å². The normalized spacial score (nSPS) is 11.6. The Hall–Kier alpha value is -1.23. The number of hydrogen-bond donors (Lipinski definition) is 3. The van der Waals surface area contributed by atoms with E-state index in [0.717, 1.165) is 4.47 Å². The predicted octanol–water partition coefficient (Wildman–Crippen LogP) is 1.13. The fraction of sp³-hybridized carbons (Fsp3) is 0. The first kappa shape index (κ1) is 8.86. The molecule has 0 aromatic heterocycles. The van der Waals surface area contributed by atoms with Gasteiger partial charge in [0.1, 0.15) is 0 Å². The van der Waals surface area contributed by atoms with Crippen LogP contribution in [0.1, 0.15) is 5.56 Å². The van der Waals surface area contributed by atoms with Gasteiger partial charge in [-0.25, -0.2) is 0 Å². The van der Waals surface area contributed by atoms with Crippen LogP contribution in [-0.4, -0.2) is 11.0 Å². The lowest BCUT2D eigenvalue weighted by atomic mass is 10.2. The molecular formula is C7H8BrN3O. The molecule has 5 N–H and O–H groups in total. The summed E-state index contributed by atoms with van der Waals surface area (Å²) in [5.41, 5.74) is 11.9. The molecule has 0 heterocycles. The molecule has 0 saturated carbocycles. The number of anilines is 1. The monoisotopic (exact) mass is 229 g/mol. The Morgan fingerprint density at radius 2 is 2.17 bits per heavy atom. The third-order valence-corrected chi connectivity index (χ3v) is 1.89. The molecule has 0 spiro atoms. The molecule has 0 amide bonds. The van der Waals surface area contributed by atoms with Crippen molar-refractivity contribution in [1.29, 1.82) is 0 Å². The van der Waals surface area contributed by atoms with Crippen molar-refractivity contribution >= 4 is 27.5 Å². The van der Waals surface area contributed by atoms with Crippen LogP contribution in [0.3, 0.4) is 0 Å². The maximum atomic E-state index is 8.38. The number of benzene rings is 1. The highest BCUT2D eigenvalue weighted by molar-refractivity contribution is 9.10. The van der Waals surface area contributed by atoms with Gasteiger partial charge in [0, 0.05) is 15.7 Å². The number of nitrogen functional groups attached to an aromatic ring is 1. The van der Waals surface area contributed by atoms with Crippen molar-refractivity contribution in [3.05, 3.63) is 28.2 Å². The molecule has 0 unspecified atom stereocenters. The fourth-order valence-corrected chi connectivity index (χ4v) is 1.20. The minimum Gasteiger partial charge on any atom is -0.409 e. The molecule has 12 heavy (non-hydrogen) atoms. The Labute approximate surface area is 78.0 Å². The summed E-state index contributed by atoms with van der Waals surface area (Å²) in [7, 11) is 0. The molecule has 1 rings (SSSR count). The van der Waals surface area contributed by atoms with E-state index in [0.29, 0.717) is 11.3 Å². The molecule has 64 valence electrons. The second-order valence-corrected chi connectivity index (χ2v) is 3.13. The summed E-state index contributed by atoms with van der Waals surface area (Å²) >= 11 is 3.24. The first-order valence-electron chi connectivity index (χ1n) is 3.18. The van der Waals surface area contributed by atoms with Gasteiger partial charge in [0.05, 0.1) is 0 Å². The second-order valence-electron chi connectivity index (χ2n) is 2.22. The molecule has 0 fully saturated rings. The standard InChI is InChI=1S/C7H8BrN3O/c8-4-1-2-5(6(9)3-4)7(10)11-12/h1-3,12H,9H2,(H2,10,11). The van der Waals surface area contributed by atoms with E-state index in [1.165, 1.54) is 0 Å². The van der Waals surface area contributed by atoms with Crippen molar-refractivity contribution in [1.82, 2.24) is 0 Å². The predicted molar refractivity (Wildman–Crippen MR) is 51.1 cm³/mol. The molecule has 4 nitrogen and oxygen atoms in total. The SMILES string of the molecule is N/C(=N\O)c1ccc(Br)cc1N. The van der Waals surface area contributed by atoms with Crippen LogP contribution in [0, 0.1) is 0 Å². The average molecular weight is 230 g/mol. The minimum absolute atomic E-state index is 0.0139. The van der Waals surface area contributed by atoms with Crippen molar-refractivity contribution in [3.8, 4) is 0 Å². The van der Waals surface area contributed by atoms with E-state index in [1.807, 2.05) is 0 Å². The molecule has 0 aliphatic carbocycles. The molecular weight excluding hydrogens is 222 g/mol. The summed E-state index contributed by atoms with van der Waals surface area (Å²) in [6, 6.07) is 5.13. The van der Waals surface area contributed by atoms with Crippen LogP contribution in [0.25, 0.3) is 0 Å². The van der Waals surface area contributed by atoms with E-state index in [2.05, 4.69) is 21.1 Å². The Morgan fingerprint density at radius 3 is 2.67 bits per heavy atom. The van der Waals surface area contributed by atoms with E-state index in [1.54, 1.807) is 18.2 Å². The smallest absolute Gasteiger partial charge is 0.172 e. The van der Waals surface area contributed by atoms with Crippen molar-refractivity contribution in [2.45, 2.75) is 0 Å². The molecule has 0 radical (unpaired) electrons. The molecule has 0 atom stereocenters. The van der Waals surface area contributed by atoms with Crippen LogP contribution in [0.15, 0.2) is 27.8 Å². The van der Waals surface area contributed by atoms with Crippen molar-refractivity contribution < 1.29 is 5.21 Å². The van der Waals surface area contributed by atoms with Gasteiger partial charge >= 0.3 is 0 Å². The van der Waals surface area contributed by atoms with Gasteiger partial charge in [0.15, 0.2) is 5.84 Å². The first-order valence-corrected chi connectivity index (χ1v) is 3.97. The zero-order valence-electron chi connectivity index (χ0n) is 6.16.